The third-order valence-corrected chi connectivity index (χ3v) is 4.04. The van der Waals surface area contributed by atoms with E-state index < -0.39 is 5.60 Å². The van der Waals surface area contributed by atoms with Crippen LogP contribution in [-0.2, 0) is 19.1 Å². The first-order chi connectivity index (χ1) is 10.0. The fourth-order valence-electron chi connectivity index (χ4n) is 1.84. The van der Waals surface area contributed by atoms with Crippen LogP contribution in [0.2, 0.25) is 0 Å². The van der Waals surface area contributed by atoms with Crippen molar-refractivity contribution in [3.05, 3.63) is 0 Å². The zero-order valence-corrected chi connectivity index (χ0v) is 15.5. The van der Waals surface area contributed by atoms with Gasteiger partial charge in [-0.05, 0) is 59.8 Å². The van der Waals surface area contributed by atoms with Crippen LogP contribution in [0.5, 0.6) is 0 Å². The van der Waals surface area contributed by atoms with Crippen molar-refractivity contribution >= 4 is 11.9 Å². The Morgan fingerprint density at radius 1 is 0.955 bits per heavy atom. The summed E-state index contributed by atoms with van der Waals surface area (Å²) in [5.41, 5.74) is -0.866. The van der Waals surface area contributed by atoms with E-state index in [0.717, 1.165) is 32.1 Å². The zero-order chi connectivity index (χ0) is 17.4. The highest BCUT2D eigenvalue weighted by Crippen LogP contribution is 2.22. The minimum atomic E-state index is -0.479. The van der Waals surface area contributed by atoms with Crippen molar-refractivity contribution in [2.45, 2.75) is 98.2 Å². The molecule has 0 N–H and O–H groups in total. The van der Waals surface area contributed by atoms with Crippen LogP contribution in [0, 0.1) is 5.92 Å². The van der Waals surface area contributed by atoms with Gasteiger partial charge in [-0.15, -0.1) is 0 Å². The van der Waals surface area contributed by atoms with Gasteiger partial charge in [-0.2, -0.15) is 0 Å². The van der Waals surface area contributed by atoms with Crippen LogP contribution >= 0.6 is 0 Å². The maximum atomic E-state index is 11.8. The predicted octanol–water partition coefficient (Wildman–Crippen LogP) is 4.65. The summed E-state index contributed by atoms with van der Waals surface area (Å²) in [5, 5.41) is 0. The molecule has 0 aromatic rings. The van der Waals surface area contributed by atoms with Gasteiger partial charge < -0.3 is 9.47 Å². The maximum Gasteiger partial charge on any atom is 0.309 e. The molecule has 1 atom stereocenters. The summed E-state index contributed by atoms with van der Waals surface area (Å²) in [4.78, 5) is 23.6. The number of rotatable bonds is 10. The van der Waals surface area contributed by atoms with Gasteiger partial charge in [0.25, 0.3) is 0 Å². The van der Waals surface area contributed by atoms with E-state index in [0.29, 0.717) is 6.42 Å². The Bertz CT molecular complexity index is 358. The second kappa shape index (κ2) is 9.16. The van der Waals surface area contributed by atoms with Crippen molar-refractivity contribution in [2.24, 2.45) is 5.92 Å². The molecule has 0 aliphatic carbocycles. The molecule has 4 nitrogen and oxygen atoms in total. The lowest BCUT2D eigenvalue weighted by molar-refractivity contribution is -0.162. The van der Waals surface area contributed by atoms with Gasteiger partial charge in [-0.3, -0.25) is 9.59 Å². The van der Waals surface area contributed by atoms with Crippen LogP contribution in [0.3, 0.4) is 0 Å². The molecule has 0 spiro atoms. The maximum absolute atomic E-state index is 11.8. The molecule has 0 aliphatic heterocycles. The molecule has 0 aromatic heterocycles. The number of hydrogen-bond acceptors (Lipinski definition) is 4. The van der Waals surface area contributed by atoms with Crippen LogP contribution in [-0.4, -0.2) is 23.1 Å². The van der Waals surface area contributed by atoms with Gasteiger partial charge in [-0.1, -0.05) is 20.8 Å². The Hall–Kier alpha value is -1.06. The Morgan fingerprint density at radius 2 is 1.55 bits per heavy atom. The van der Waals surface area contributed by atoms with E-state index in [1.54, 1.807) is 0 Å². The zero-order valence-electron chi connectivity index (χ0n) is 15.5. The van der Waals surface area contributed by atoms with Gasteiger partial charge in [0, 0.05) is 6.42 Å². The van der Waals surface area contributed by atoms with E-state index in [1.165, 1.54) is 0 Å². The molecule has 130 valence electrons. The molecular formula is C18H34O4. The topological polar surface area (TPSA) is 52.6 Å². The van der Waals surface area contributed by atoms with Gasteiger partial charge in [0.05, 0.1) is 5.92 Å². The molecule has 0 saturated carbocycles. The smallest absolute Gasteiger partial charge is 0.309 e. The average molecular weight is 314 g/mol. The third kappa shape index (κ3) is 9.06. The molecule has 0 saturated heterocycles. The van der Waals surface area contributed by atoms with Crippen molar-refractivity contribution in [3.8, 4) is 0 Å². The SMILES string of the molecule is CCC(C)C(=O)OC(C)(C)CCCCC(=O)OC(C)(C)CC. The normalized spacial score (nSPS) is 13.6. The molecule has 1 unspecified atom stereocenters. The Balaban J connectivity index is 4.04. The highest BCUT2D eigenvalue weighted by molar-refractivity contribution is 5.72. The average Bonchev–Trinajstić information content (AvgIpc) is 2.41. The summed E-state index contributed by atoms with van der Waals surface area (Å²) in [6.07, 6.45) is 4.34. The molecule has 0 radical (unpaired) electrons. The second-order valence-corrected chi connectivity index (χ2v) is 7.28. The third-order valence-electron chi connectivity index (χ3n) is 4.04. The lowest BCUT2D eigenvalue weighted by Gasteiger charge is -2.27. The fraction of sp³-hybridized carbons (Fsp3) is 0.889. The van der Waals surface area contributed by atoms with Gasteiger partial charge >= 0.3 is 11.9 Å². The number of esters is 2. The second-order valence-electron chi connectivity index (χ2n) is 7.28. The number of hydrogen-bond donors (Lipinski definition) is 0. The molecule has 0 bridgehead atoms. The first-order valence-electron chi connectivity index (χ1n) is 8.47. The first kappa shape index (κ1) is 20.9. The largest absolute Gasteiger partial charge is 0.460 e. The minimum absolute atomic E-state index is 0.0643. The Morgan fingerprint density at radius 3 is 2.05 bits per heavy atom. The van der Waals surface area contributed by atoms with Crippen LogP contribution in [0.25, 0.3) is 0 Å². The van der Waals surface area contributed by atoms with Crippen molar-refractivity contribution < 1.29 is 19.1 Å². The summed E-state index contributed by atoms with van der Waals surface area (Å²) in [5.74, 6) is -0.358. The fourth-order valence-corrected chi connectivity index (χ4v) is 1.84. The van der Waals surface area contributed by atoms with Crippen molar-refractivity contribution in [1.29, 1.82) is 0 Å². The number of carbonyl (C=O) groups is 2. The van der Waals surface area contributed by atoms with Gasteiger partial charge in [0.1, 0.15) is 11.2 Å². The molecule has 4 heteroatoms. The van der Waals surface area contributed by atoms with E-state index in [9.17, 15) is 9.59 Å². The van der Waals surface area contributed by atoms with Gasteiger partial charge in [0.2, 0.25) is 0 Å². The summed E-state index contributed by atoms with van der Waals surface area (Å²) >= 11 is 0. The van der Waals surface area contributed by atoms with Crippen molar-refractivity contribution in [1.82, 2.24) is 0 Å². The summed E-state index contributed by atoms with van der Waals surface area (Å²) in [6, 6.07) is 0. The molecular weight excluding hydrogens is 280 g/mol. The summed E-state index contributed by atoms with van der Waals surface area (Å²) in [7, 11) is 0. The van der Waals surface area contributed by atoms with Crippen molar-refractivity contribution in [3.63, 3.8) is 0 Å². The summed E-state index contributed by atoms with van der Waals surface area (Å²) in [6.45, 7) is 13.5. The monoisotopic (exact) mass is 314 g/mol. The molecule has 0 fully saturated rings. The number of carbonyl (C=O) groups excluding carboxylic acids is 2. The van der Waals surface area contributed by atoms with E-state index in [4.69, 9.17) is 9.47 Å². The standard InChI is InChI=1S/C18H34O4/c1-8-14(3)16(20)22-18(6,7)13-11-10-12-15(19)21-17(4,5)9-2/h14H,8-13H2,1-7H3. The highest BCUT2D eigenvalue weighted by Gasteiger charge is 2.25. The van der Waals surface area contributed by atoms with E-state index in [2.05, 4.69) is 0 Å². The van der Waals surface area contributed by atoms with E-state index in [-0.39, 0.29) is 23.5 Å². The van der Waals surface area contributed by atoms with E-state index in [1.807, 2.05) is 48.5 Å². The minimum Gasteiger partial charge on any atom is -0.460 e. The molecule has 22 heavy (non-hydrogen) atoms. The van der Waals surface area contributed by atoms with Crippen molar-refractivity contribution in [2.75, 3.05) is 0 Å². The van der Waals surface area contributed by atoms with Crippen LogP contribution < -0.4 is 0 Å². The molecule has 0 aromatic carbocycles. The molecule has 0 amide bonds. The van der Waals surface area contributed by atoms with Gasteiger partial charge in [-0.25, -0.2) is 0 Å². The summed E-state index contributed by atoms with van der Waals surface area (Å²) < 4.78 is 10.9. The highest BCUT2D eigenvalue weighted by atomic mass is 16.6. The Kier molecular flexibility index (Phi) is 8.72. The lowest BCUT2D eigenvalue weighted by Crippen LogP contribution is -2.31. The molecule has 0 heterocycles. The first-order valence-corrected chi connectivity index (χ1v) is 8.47. The predicted molar refractivity (Wildman–Crippen MR) is 88.6 cm³/mol. The van der Waals surface area contributed by atoms with Crippen LogP contribution in [0.15, 0.2) is 0 Å². The van der Waals surface area contributed by atoms with Crippen LogP contribution in [0.1, 0.15) is 87.0 Å². The quantitative estimate of drug-likeness (QED) is 0.435. The molecule has 0 rings (SSSR count). The lowest BCUT2D eigenvalue weighted by atomic mass is 9.99. The number of ether oxygens (including phenoxy) is 2. The van der Waals surface area contributed by atoms with Gasteiger partial charge in [0.15, 0.2) is 0 Å². The van der Waals surface area contributed by atoms with E-state index >= 15 is 0 Å². The molecule has 0 aliphatic rings. The van der Waals surface area contributed by atoms with Crippen LogP contribution in [0.4, 0.5) is 0 Å². The number of unbranched alkanes of at least 4 members (excludes halogenated alkanes) is 1. The Labute approximate surface area is 135 Å².